The maximum Gasteiger partial charge on any atom is 0.231 e. The molecule has 0 unspecified atom stereocenters. The van der Waals surface area contributed by atoms with Crippen molar-refractivity contribution in [3.05, 3.63) is 24.1 Å². The second-order valence-electron chi connectivity index (χ2n) is 5.10. The Kier molecular flexibility index (Phi) is 4.06. The second-order valence-corrected chi connectivity index (χ2v) is 5.10. The fourth-order valence-electron chi connectivity index (χ4n) is 2.52. The Morgan fingerprint density at radius 2 is 1.95 bits per heavy atom. The summed E-state index contributed by atoms with van der Waals surface area (Å²) in [7, 11) is 3.24. The zero-order valence-electron chi connectivity index (χ0n) is 12.3. The minimum Gasteiger partial charge on any atom is -0.497 e. The lowest BCUT2D eigenvalue weighted by Crippen LogP contribution is -2.28. The number of methoxy groups -OCH3 is 2. The summed E-state index contributed by atoms with van der Waals surface area (Å²) in [4.78, 5) is 4.53. The van der Waals surface area contributed by atoms with Crippen molar-refractivity contribution in [1.82, 2.24) is 15.5 Å². The summed E-state index contributed by atoms with van der Waals surface area (Å²) in [5.41, 5.74) is 0.824. The van der Waals surface area contributed by atoms with Gasteiger partial charge in [-0.3, -0.25) is 0 Å². The molecule has 3 rings (SSSR count). The Labute approximate surface area is 123 Å². The summed E-state index contributed by atoms with van der Waals surface area (Å²) >= 11 is 0. The van der Waals surface area contributed by atoms with Crippen molar-refractivity contribution >= 4 is 0 Å². The van der Waals surface area contributed by atoms with Crippen molar-refractivity contribution in [3.8, 4) is 22.9 Å². The zero-order chi connectivity index (χ0) is 14.7. The maximum absolute atomic E-state index is 5.42. The minimum absolute atomic E-state index is 0.299. The van der Waals surface area contributed by atoms with Crippen molar-refractivity contribution in [3.63, 3.8) is 0 Å². The van der Waals surface area contributed by atoms with Gasteiger partial charge >= 0.3 is 0 Å². The van der Waals surface area contributed by atoms with Crippen molar-refractivity contribution in [2.75, 3.05) is 27.3 Å². The van der Waals surface area contributed by atoms with Gasteiger partial charge in [0, 0.05) is 18.2 Å². The average Bonchev–Trinajstić information content (AvgIpc) is 3.05. The van der Waals surface area contributed by atoms with Crippen molar-refractivity contribution in [2.45, 2.75) is 18.8 Å². The van der Waals surface area contributed by atoms with Crippen LogP contribution in [0.3, 0.4) is 0 Å². The van der Waals surface area contributed by atoms with Crippen LogP contribution >= 0.6 is 0 Å². The number of hydrogen-bond acceptors (Lipinski definition) is 6. The molecule has 1 aromatic carbocycles. The summed E-state index contributed by atoms with van der Waals surface area (Å²) in [6, 6.07) is 5.56. The highest BCUT2D eigenvalue weighted by Crippen LogP contribution is 2.30. The summed E-state index contributed by atoms with van der Waals surface area (Å²) < 4.78 is 16.0. The fourth-order valence-corrected chi connectivity index (χ4v) is 2.52. The molecule has 112 valence electrons. The molecule has 1 atom stereocenters. The van der Waals surface area contributed by atoms with Crippen molar-refractivity contribution in [1.29, 1.82) is 0 Å². The summed E-state index contributed by atoms with van der Waals surface area (Å²) in [6.45, 7) is 1.95. The van der Waals surface area contributed by atoms with Gasteiger partial charge in [0.05, 0.1) is 20.1 Å². The molecule has 0 amide bonds. The Morgan fingerprint density at radius 1 is 1.19 bits per heavy atom. The molecular weight excluding hydrogens is 270 g/mol. The number of hydrogen-bond donors (Lipinski definition) is 1. The first-order chi connectivity index (χ1) is 10.3. The number of aromatic nitrogens is 2. The molecule has 1 fully saturated rings. The molecule has 6 heteroatoms. The van der Waals surface area contributed by atoms with Crippen molar-refractivity contribution < 1.29 is 14.0 Å². The van der Waals surface area contributed by atoms with Gasteiger partial charge < -0.3 is 19.3 Å². The van der Waals surface area contributed by atoms with Gasteiger partial charge in [-0.05, 0) is 31.5 Å². The van der Waals surface area contributed by atoms with Crippen LogP contribution in [0.4, 0.5) is 0 Å². The van der Waals surface area contributed by atoms with Gasteiger partial charge in [-0.2, -0.15) is 4.98 Å². The van der Waals surface area contributed by atoms with Crippen molar-refractivity contribution in [2.24, 2.45) is 0 Å². The van der Waals surface area contributed by atoms with Crippen LogP contribution in [0, 0.1) is 0 Å². The van der Waals surface area contributed by atoms with E-state index in [0.717, 1.165) is 31.5 Å². The highest BCUT2D eigenvalue weighted by atomic mass is 16.5. The average molecular weight is 289 g/mol. The van der Waals surface area contributed by atoms with E-state index in [1.165, 1.54) is 0 Å². The fraction of sp³-hybridized carbons (Fsp3) is 0.467. The molecule has 0 radical (unpaired) electrons. The van der Waals surface area contributed by atoms with Gasteiger partial charge in [0.1, 0.15) is 11.5 Å². The van der Waals surface area contributed by atoms with Crippen LogP contribution in [0.2, 0.25) is 0 Å². The quantitative estimate of drug-likeness (QED) is 0.930. The Balaban J connectivity index is 1.88. The third-order valence-corrected chi connectivity index (χ3v) is 3.70. The van der Waals surface area contributed by atoms with Gasteiger partial charge in [-0.1, -0.05) is 5.16 Å². The molecule has 21 heavy (non-hydrogen) atoms. The Hall–Kier alpha value is -2.08. The third kappa shape index (κ3) is 3.00. The van der Waals surface area contributed by atoms with E-state index in [-0.39, 0.29) is 0 Å². The second kappa shape index (κ2) is 6.13. The largest absolute Gasteiger partial charge is 0.497 e. The van der Waals surface area contributed by atoms with Crippen LogP contribution in [0.15, 0.2) is 22.7 Å². The standard InChI is InChI=1S/C15H19N3O3/c1-19-12-6-11(7-13(8-12)20-2)14-17-15(21-18-14)10-4-3-5-16-9-10/h6-8,10,16H,3-5,9H2,1-2H3/t10-/m0/s1. The molecule has 2 aromatic rings. The summed E-state index contributed by atoms with van der Waals surface area (Å²) in [5, 5.41) is 7.44. The Bertz CT molecular complexity index is 584. The molecule has 1 saturated heterocycles. The first-order valence-corrected chi connectivity index (χ1v) is 7.08. The summed E-state index contributed by atoms with van der Waals surface area (Å²) in [5.74, 6) is 2.96. The van der Waals surface area contributed by atoms with Gasteiger partial charge in [0.25, 0.3) is 0 Å². The molecule has 1 aromatic heterocycles. The first kappa shape index (κ1) is 13.9. The highest BCUT2D eigenvalue weighted by Gasteiger charge is 2.22. The lowest BCUT2D eigenvalue weighted by Gasteiger charge is -2.18. The summed E-state index contributed by atoms with van der Waals surface area (Å²) in [6.07, 6.45) is 2.21. The van der Waals surface area contributed by atoms with E-state index in [4.69, 9.17) is 14.0 Å². The molecule has 6 nitrogen and oxygen atoms in total. The number of nitrogens with zero attached hydrogens (tertiary/aromatic N) is 2. The SMILES string of the molecule is COc1cc(OC)cc(-c2noc([C@H]3CCCNC3)n2)c1. The molecule has 0 saturated carbocycles. The lowest BCUT2D eigenvalue weighted by atomic mass is 10.00. The molecule has 0 spiro atoms. The lowest BCUT2D eigenvalue weighted by molar-refractivity contribution is 0.322. The highest BCUT2D eigenvalue weighted by molar-refractivity contribution is 5.60. The van der Waals surface area contributed by atoms with E-state index in [1.54, 1.807) is 14.2 Å². The molecule has 0 bridgehead atoms. The minimum atomic E-state index is 0.299. The van der Waals surface area contributed by atoms with Crippen LogP contribution in [0.5, 0.6) is 11.5 Å². The molecular formula is C15H19N3O3. The van der Waals surface area contributed by atoms with Crippen LogP contribution in [-0.2, 0) is 0 Å². The van der Waals surface area contributed by atoms with Crippen LogP contribution < -0.4 is 14.8 Å². The topological polar surface area (TPSA) is 69.4 Å². The maximum atomic E-state index is 5.42. The van der Waals surface area contributed by atoms with E-state index in [9.17, 15) is 0 Å². The monoisotopic (exact) mass is 289 g/mol. The molecule has 1 N–H and O–H groups in total. The Morgan fingerprint density at radius 3 is 2.57 bits per heavy atom. The molecule has 0 aliphatic carbocycles. The van der Waals surface area contributed by atoms with E-state index < -0.39 is 0 Å². The predicted octanol–water partition coefficient (Wildman–Crippen LogP) is 2.22. The van der Waals surface area contributed by atoms with Gasteiger partial charge in [-0.25, -0.2) is 0 Å². The van der Waals surface area contributed by atoms with Crippen LogP contribution in [-0.4, -0.2) is 37.4 Å². The zero-order valence-corrected chi connectivity index (χ0v) is 12.3. The van der Waals surface area contributed by atoms with Crippen LogP contribution in [0.1, 0.15) is 24.7 Å². The number of piperidine rings is 1. The third-order valence-electron chi connectivity index (χ3n) is 3.70. The smallest absolute Gasteiger partial charge is 0.231 e. The van der Waals surface area contributed by atoms with E-state index in [1.807, 2.05) is 18.2 Å². The van der Waals surface area contributed by atoms with Crippen LogP contribution in [0.25, 0.3) is 11.4 Å². The van der Waals surface area contributed by atoms with Gasteiger partial charge in [0.15, 0.2) is 0 Å². The van der Waals surface area contributed by atoms with E-state index >= 15 is 0 Å². The number of nitrogens with one attached hydrogen (secondary N) is 1. The van der Waals surface area contributed by atoms with Gasteiger partial charge in [-0.15, -0.1) is 0 Å². The molecule has 2 heterocycles. The number of benzene rings is 1. The first-order valence-electron chi connectivity index (χ1n) is 7.08. The number of rotatable bonds is 4. The molecule has 1 aliphatic rings. The predicted molar refractivity (Wildman–Crippen MR) is 77.7 cm³/mol. The van der Waals surface area contributed by atoms with Gasteiger partial charge in [0.2, 0.25) is 11.7 Å². The number of ether oxygens (including phenoxy) is 2. The van der Waals surface area contributed by atoms with E-state index in [2.05, 4.69) is 15.5 Å². The normalized spacial score (nSPS) is 18.5. The molecule has 1 aliphatic heterocycles. The van der Waals surface area contributed by atoms with E-state index in [0.29, 0.717) is 29.1 Å².